The van der Waals surface area contributed by atoms with Crippen LogP contribution in [0.25, 0.3) is 0 Å². The predicted molar refractivity (Wildman–Crippen MR) is 62.2 cm³/mol. The summed E-state index contributed by atoms with van der Waals surface area (Å²) in [4.78, 5) is 14.0. The second-order valence-corrected chi connectivity index (χ2v) is 3.83. The molecule has 0 bridgehead atoms. The number of hydrogen-bond acceptors (Lipinski definition) is 4. The summed E-state index contributed by atoms with van der Waals surface area (Å²) in [6.45, 7) is 0.0294. The number of carboxylic acid groups (broad SMARTS) is 1. The Morgan fingerprint density at radius 2 is 2.05 bits per heavy atom. The van der Waals surface area contributed by atoms with Gasteiger partial charge >= 0.3 is 12.1 Å². The SMILES string of the molecule is O=C(O)c1ccc(CNc2cccc(C(F)(F)F)n2)o1. The molecule has 2 aromatic heterocycles. The van der Waals surface area contributed by atoms with Crippen LogP contribution in [0.1, 0.15) is 22.0 Å². The summed E-state index contributed by atoms with van der Waals surface area (Å²) in [7, 11) is 0. The number of anilines is 1. The minimum Gasteiger partial charge on any atom is -0.475 e. The van der Waals surface area contributed by atoms with Gasteiger partial charge in [-0.25, -0.2) is 9.78 Å². The van der Waals surface area contributed by atoms with Crippen molar-refractivity contribution in [2.45, 2.75) is 12.7 Å². The van der Waals surface area contributed by atoms with Crippen molar-refractivity contribution in [1.29, 1.82) is 0 Å². The van der Waals surface area contributed by atoms with Crippen LogP contribution in [0.5, 0.6) is 0 Å². The first kappa shape index (κ1) is 13.9. The van der Waals surface area contributed by atoms with Gasteiger partial charge in [0.1, 0.15) is 17.3 Å². The highest BCUT2D eigenvalue weighted by Crippen LogP contribution is 2.28. The van der Waals surface area contributed by atoms with Gasteiger partial charge in [-0.05, 0) is 24.3 Å². The third-order valence-corrected chi connectivity index (χ3v) is 2.36. The number of carboxylic acids is 1. The van der Waals surface area contributed by atoms with Crippen molar-refractivity contribution in [1.82, 2.24) is 4.98 Å². The van der Waals surface area contributed by atoms with Gasteiger partial charge in [-0.1, -0.05) is 6.07 Å². The number of pyridine rings is 1. The number of nitrogens with one attached hydrogen (secondary N) is 1. The molecule has 2 heterocycles. The molecule has 2 rings (SSSR count). The summed E-state index contributed by atoms with van der Waals surface area (Å²) in [5, 5.41) is 11.3. The fourth-order valence-electron chi connectivity index (χ4n) is 1.46. The minimum atomic E-state index is -4.52. The summed E-state index contributed by atoms with van der Waals surface area (Å²) in [5.41, 5.74) is -1.01. The van der Waals surface area contributed by atoms with Crippen LogP contribution < -0.4 is 5.32 Å². The monoisotopic (exact) mass is 286 g/mol. The van der Waals surface area contributed by atoms with Gasteiger partial charge in [-0.15, -0.1) is 0 Å². The molecule has 0 radical (unpaired) electrons. The molecule has 0 atom stereocenters. The van der Waals surface area contributed by atoms with Crippen LogP contribution in [-0.4, -0.2) is 16.1 Å². The van der Waals surface area contributed by atoms with Gasteiger partial charge < -0.3 is 14.8 Å². The van der Waals surface area contributed by atoms with Gasteiger partial charge in [0.25, 0.3) is 0 Å². The van der Waals surface area contributed by atoms with E-state index in [1.165, 1.54) is 24.3 Å². The highest BCUT2D eigenvalue weighted by Gasteiger charge is 2.32. The minimum absolute atomic E-state index is 0.0214. The van der Waals surface area contributed by atoms with Crippen molar-refractivity contribution in [3.05, 3.63) is 47.5 Å². The van der Waals surface area contributed by atoms with Gasteiger partial charge in [-0.2, -0.15) is 13.2 Å². The summed E-state index contributed by atoms with van der Waals surface area (Å²) < 4.78 is 42.3. The Bertz CT molecular complexity index is 622. The molecule has 0 aromatic carbocycles. The summed E-state index contributed by atoms with van der Waals surface area (Å²) >= 11 is 0. The van der Waals surface area contributed by atoms with Crippen LogP contribution in [0.2, 0.25) is 0 Å². The third kappa shape index (κ3) is 3.28. The van der Waals surface area contributed by atoms with E-state index in [0.717, 1.165) is 6.07 Å². The molecule has 0 fully saturated rings. The number of alkyl halides is 3. The molecule has 0 aliphatic carbocycles. The zero-order valence-corrected chi connectivity index (χ0v) is 9.94. The Balaban J connectivity index is 2.05. The van der Waals surface area contributed by atoms with Crippen molar-refractivity contribution in [3.63, 3.8) is 0 Å². The van der Waals surface area contributed by atoms with Crippen molar-refractivity contribution in [2.24, 2.45) is 0 Å². The van der Waals surface area contributed by atoms with Gasteiger partial charge in [-0.3, -0.25) is 0 Å². The van der Waals surface area contributed by atoms with Crippen LogP contribution >= 0.6 is 0 Å². The van der Waals surface area contributed by atoms with Gasteiger partial charge in [0.05, 0.1) is 6.54 Å². The number of carbonyl (C=O) groups is 1. The highest BCUT2D eigenvalue weighted by molar-refractivity contribution is 5.84. The molecule has 106 valence electrons. The summed E-state index contributed by atoms with van der Waals surface area (Å²) in [6.07, 6.45) is -4.52. The molecular formula is C12H9F3N2O3. The third-order valence-electron chi connectivity index (χ3n) is 2.36. The van der Waals surface area contributed by atoms with Crippen LogP contribution in [0.4, 0.5) is 19.0 Å². The van der Waals surface area contributed by atoms with Crippen LogP contribution in [-0.2, 0) is 12.7 Å². The van der Waals surface area contributed by atoms with E-state index < -0.39 is 17.8 Å². The van der Waals surface area contributed by atoms with E-state index in [0.29, 0.717) is 0 Å². The molecule has 5 nitrogen and oxygen atoms in total. The van der Waals surface area contributed by atoms with E-state index in [-0.39, 0.29) is 23.9 Å². The lowest BCUT2D eigenvalue weighted by atomic mass is 10.3. The van der Waals surface area contributed by atoms with Crippen LogP contribution in [0.3, 0.4) is 0 Å². The van der Waals surface area contributed by atoms with Crippen LogP contribution in [0.15, 0.2) is 34.7 Å². The number of hydrogen-bond donors (Lipinski definition) is 2. The number of furan rings is 1. The Morgan fingerprint density at radius 1 is 1.30 bits per heavy atom. The van der Waals surface area contributed by atoms with E-state index in [1.54, 1.807) is 0 Å². The van der Waals surface area contributed by atoms with E-state index in [1.807, 2.05) is 0 Å². The first-order chi connectivity index (χ1) is 9.36. The number of rotatable bonds is 4. The molecule has 0 aliphatic rings. The fraction of sp³-hybridized carbons (Fsp3) is 0.167. The molecular weight excluding hydrogens is 277 g/mol. The van der Waals surface area contributed by atoms with Crippen molar-refractivity contribution in [2.75, 3.05) is 5.32 Å². The van der Waals surface area contributed by atoms with E-state index in [9.17, 15) is 18.0 Å². The predicted octanol–water partition coefficient (Wildman–Crippen LogP) is 3.00. The first-order valence-electron chi connectivity index (χ1n) is 5.46. The first-order valence-corrected chi connectivity index (χ1v) is 5.46. The lowest BCUT2D eigenvalue weighted by Crippen LogP contribution is -2.10. The maximum absolute atomic E-state index is 12.4. The average molecular weight is 286 g/mol. The Kier molecular flexibility index (Phi) is 3.64. The average Bonchev–Trinajstić information content (AvgIpc) is 2.85. The molecule has 8 heteroatoms. The molecule has 20 heavy (non-hydrogen) atoms. The molecule has 2 aromatic rings. The fourth-order valence-corrected chi connectivity index (χ4v) is 1.46. The zero-order valence-electron chi connectivity index (χ0n) is 9.94. The molecule has 0 unspecified atom stereocenters. The van der Waals surface area contributed by atoms with Crippen molar-refractivity contribution >= 4 is 11.8 Å². The molecule has 0 aliphatic heterocycles. The quantitative estimate of drug-likeness (QED) is 0.903. The lowest BCUT2D eigenvalue weighted by molar-refractivity contribution is -0.141. The zero-order chi connectivity index (χ0) is 14.8. The smallest absolute Gasteiger partial charge is 0.433 e. The van der Waals surface area contributed by atoms with Gasteiger partial charge in [0, 0.05) is 0 Å². The molecule has 0 spiro atoms. The second kappa shape index (κ2) is 5.24. The molecule has 0 amide bonds. The lowest BCUT2D eigenvalue weighted by Gasteiger charge is -2.08. The van der Waals surface area contributed by atoms with E-state index in [2.05, 4.69) is 10.3 Å². The van der Waals surface area contributed by atoms with Crippen molar-refractivity contribution in [3.8, 4) is 0 Å². The van der Waals surface area contributed by atoms with E-state index >= 15 is 0 Å². The van der Waals surface area contributed by atoms with Crippen molar-refractivity contribution < 1.29 is 27.5 Å². The van der Waals surface area contributed by atoms with Gasteiger partial charge in [0.2, 0.25) is 5.76 Å². The summed E-state index contributed by atoms with van der Waals surface area (Å²) in [5.74, 6) is -1.15. The largest absolute Gasteiger partial charge is 0.475 e. The maximum Gasteiger partial charge on any atom is 0.433 e. The highest BCUT2D eigenvalue weighted by atomic mass is 19.4. The van der Waals surface area contributed by atoms with Crippen LogP contribution in [0, 0.1) is 0 Å². The number of halogens is 3. The maximum atomic E-state index is 12.4. The molecule has 0 saturated carbocycles. The normalized spacial score (nSPS) is 11.3. The standard InChI is InChI=1S/C12H9F3N2O3/c13-12(14,15)9-2-1-3-10(17-9)16-6-7-4-5-8(20-7)11(18)19/h1-5H,6H2,(H,16,17)(H,18,19). The number of nitrogens with zero attached hydrogens (tertiary/aromatic N) is 1. The summed E-state index contributed by atoms with van der Waals surface area (Å²) in [6, 6.07) is 6.14. The number of aromatic nitrogens is 1. The Hall–Kier alpha value is -2.51. The Morgan fingerprint density at radius 3 is 2.65 bits per heavy atom. The topological polar surface area (TPSA) is 75.4 Å². The molecule has 2 N–H and O–H groups in total. The number of aromatic carboxylic acids is 1. The van der Waals surface area contributed by atoms with Gasteiger partial charge in [0.15, 0.2) is 0 Å². The Labute approximate surface area is 111 Å². The second-order valence-electron chi connectivity index (χ2n) is 3.83. The molecule has 0 saturated heterocycles. The van der Waals surface area contributed by atoms with E-state index in [4.69, 9.17) is 9.52 Å².